The van der Waals surface area contributed by atoms with E-state index in [2.05, 4.69) is 15.5 Å². The molecule has 0 radical (unpaired) electrons. The fraction of sp³-hybridized carbons (Fsp3) is 0.167. The van der Waals surface area contributed by atoms with Crippen LogP contribution in [0.15, 0.2) is 52.9 Å². The number of nitrogens with two attached hydrogens (primary N) is 1. The molecule has 0 saturated carbocycles. The molecule has 0 spiro atoms. The van der Waals surface area contributed by atoms with E-state index in [1.807, 2.05) is 25.1 Å². The third-order valence-corrected chi connectivity index (χ3v) is 3.51. The summed E-state index contributed by atoms with van der Waals surface area (Å²) in [7, 11) is 0. The molecule has 0 bridgehead atoms. The standard InChI is InChI=1S/C18H18N4O3/c1-11(18-22-21-12(2)24-18)20-13-6-5-7-14(10-13)25-16-9-4-3-8-15(16)17(19)23/h3-11,20H,1-2H3,(H2,19,23). The van der Waals surface area contributed by atoms with Crippen LogP contribution in [0.5, 0.6) is 11.5 Å². The van der Waals surface area contributed by atoms with Crippen molar-refractivity contribution in [2.24, 2.45) is 5.73 Å². The minimum Gasteiger partial charge on any atom is -0.456 e. The summed E-state index contributed by atoms with van der Waals surface area (Å²) in [6.07, 6.45) is 0. The van der Waals surface area contributed by atoms with Gasteiger partial charge < -0.3 is 20.2 Å². The van der Waals surface area contributed by atoms with Gasteiger partial charge in [-0.3, -0.25) is 4.79 Å². The van der Waals surface area contributed by atoms with Crippen LogP contribution in [-0.2, 0) is 0 Å². The molecule has 3 rings (SSSR count). The van der Waals surface area contributed by atoms with E-state index in [4.69, 9.17) is 14.9 Å². The Labute approximate surface area is 144 Å². The summed E-state index contributed by atoms with van der Waals surface area (Å²) in [5, 5.41) is 11.1. The maximum absolute atomic E-state index is 11.5. The van der Waals surface area contributed by atoms with Gasteiger partial charge in [-0.05, 0) is 31.2 Å². The van der Waals surface area contributed by atoms with Crippen LogP contribution in [0.25, 0.3) is 0 Å². The number of aryl methyl sites for hydroxylation is 1. The summed E-state index contributed by atoms with van der Waals surface area (Å²) in [5.41, 5.74) is 6.52. The van der Waals surface area contributed by atoms with Gasteiger partial charge in [-0.1, -0.05) is 18.2 Å². The van der Waals surface area contributed by atoms with Gasteiger partial charge in [0.1, 0.15) is 17.5 Å². The van der Waals surface area contributed by atoms with Crippen molar-refractivity contribution in [3.8, 4) is 11.5 Å². The highest BCUT2D eigenvalue weighted by molar-refractivity contribution is 5.95. The summed E-state index contributed by atoms with van der Waals surface area (Å²) < 4.78 is 11.2. The van der Waals surface area contributed by atoms with Gasteiger partial charge >= 0.3 is 0 Å². The Hall–Kier alpha value is -3.35. The van der Waals surface area contributed by atoms with Crippen LogP contribution in [0, 0.1) is 6.92 Å². The van der Waals surface area contributed by atoms with E-state index in [0.717, 1.165) is 5.69 Å². The van der Waals surface area contributed by atoms with Crippen molar-refractivity contribution in [1.29, 1.82) is 0 Å². The van der Waals surface area contributed by atoms with Crippen molar-refractivity contribution >= 4 is 11.6 Å². The normalized spacial score (nSPS) is 11.8. The number of nitrogens with zero attached hydrogens (tertiary/aromatic N) is 2. The molecule has 3 N–H and O–H groups in total. The number of ether oxygens (including phenoxy) is 1. The number of amides is 1. The number of hydrogen-bond acceptors (Lipinski definition) is 6. The highest BCUT2D eigenvalue weighted by Crippen LogP contribution is 2.28. The third kappa shape index (κ3) is 3.95. The van der Waals surface area contributed by atoms with Gasteiger partial charge in [0.2, 0.25) is 11.8 Å². The highest BCUT2D eigenvalue weighted by Gasteiger charge is 2.13. The van der Waals surface area contributed by atoms with Gasteiger partial charge in [-0.25, -0.2) is 0 Å². The number of benzene rings is 2. The number of anilines is 1. The first-order valence-electron chi connectivity index (χ1n) is 7.76. The van der Waals surface area contributed by atoms with E-state index < -0.39 is 5.91 Å². The molecule has 7 heteroatoms. The topological polar surface area (TPSA) is 103 Å². The maximum atomic E-state index is 11.5. The van der Waals surface area contributed by atoms with E-state index >= 15 is 0 Å². The SMILES string of the molecule is Cc1nnc(C(C)Nc2cccc(Oc3ccccc3C(N)=O)c2)o1. The summed E-state index contributed by atoms with van der Waals surface area (Å²) in [6, 6.07) is 14.0. The average Bonchev–Trinajstić information content (AvgIpc) is 3.02. The molecule has 1 heterocycles. The third-order valence-electron chi connectivity index (χ3n) is 3.51. The predicted molar refractivity (Wildman–Crippen MR) is 92.5 cm³/mol. The van der Waals surface area contributed by atoms with E-state index in [1.54, 1.807) is 37.3 Å². The number of rotatable bonds is 6. The second-order valence-corrected chi connectivity index (χ2v) is 5.52. The zero-order chi connectivity index (χ0) is 17.8. The number of carbonyl (C=O) groups is 1. The van der Waals surface area contributed by atoms with Crippen LogP contribution in [0.1, 0.15) is 35.1 Å². The van der Waals surface area contributed by atoms with Crippen molar-refractivity contribution in [2.75, 3.05) is 5.32 Å². The van der Waals surface area contributed by atoms with Gasteiger partial charge in [0.05, 0.1) is 5.56 Å². The number of para-hydroxylation sites is 1. The van der Waals surface area contributed by atoms with Crippen LogP contribution in [0.4, 0.5) is 5.69 Å². The fourth-order valence-corrected chi connectivity index (χ4v) is 2.33. The molecule has 0 saturated heterocycles. The van der Waals surface area contributed by atoms with Gasteiger partial charge in [-0.2, -0.15) is 0 Å². The van der Waals surface area contributed by atoms with Crippen LogP contribution in [0.3, 0.4) is 0 Å². The van der Waals surface area contributed by atoms with Crippen molar-refractivity contribution < 1.29 is 13.9 Å². The van der Waals surface area contributed by atoms with Crippen molar-refractivity contribution in [3.63, 3.8) is 0 Å². The molecule has 1 aromatic heterocycles. The zero-order valence-electron chi connectivity index (χ0n) is 13.9. The smallest absolute Gasteiger partial charge is 0.252 e. The molecule has 1 atom stereocenters. The summed E-state index contributed by atoms with van der Waals surface area (Å²) in [4.78, 5) is 11.5. The average molecular weight is 338 g/mol. The molecule has 2 aromatic carbocycles. The lowest BCUT2D eigenvalue weighted by Crippen LogP contribution is -2.12. The highest BCUT2D eigenvalue weighted by atomic mass is 16.5. The van der Waals surface area contributed by atoms with Crippen molar-refractivity contribution in [3.05, 3.63) is 65.9 Å². The van der Waals surface area contributed by atoms with Gasteiger partial charge in [-0.15, -0.1) is 10.2 Å². The summed E-state index contributed by atoms with van der Waals surface area (Å²) >= 11 is 0. The predicted octanol–water partition coefficient (Wildman–Crippen LogP) is 3.44. The zero-order valence-corrected chi connectivity index (χ0v) is 13.9. The number of nitrogens with one attached hydrogen (secondary N) is 1. The first kappa shape index (κ1) is 16.5. The Balaban J connectivity index is 1.77. The van der Waals surface area contributed by atoms with Gasteiger partial charge in [0.15, 0.2) is 0 Å². The lowest BCUT2D eigenvalue weighted by atomic mass is 10.2. The molecular formula is C18H18N4O3. The lowest BCUT2D eigenvalue weighted by molar-refractivity contribution is 0.0998. The fourth-order valence-electron chi connectivity index (χ4n) is 2.33. The van der Waals surface area contributed by atoms with Gasteiger partial charge in [0.25, 0.3) is 5.91 Å². The molecular weight excluding hydrogens is 320 g/mol. The number of primary amides is 1. The van der Waals surface area contributed by atoms with Crippen LogP contribution in [0.2, 0.25) is 0 Å². The maximum Gasteiger partial charge on any atom is 0.252 e. The van der Waals surface area contributed by atoms with Crippen LogP contribution >= 0.6 is 0 Å². The molecule has 3 aromatic rings. The first-order valence-corrected chi connectivity index (χ1v) is 7.76. The molecule has 1 unspecified atom stereocenters. The minimum absolute atomic E-state index is 0.158. The Morgan fingerprint density at radius 1 is 1.20 bits per heavy atom. The Kier molecular flexibility index (Phi) is 4.65. The molecule has 7 nitrogen and oxygen atoms in total. The van der Waals surface area contributed by atoms with E-state index in [-0.39, 0.29) is 6.04 Å². The van der Waals surface area contributed by atoms with E-state index in [9.17, 15) is 4.79 Å². The van der Waals surface area contributed by atoms with Gasteiger partial charge in [0, 0.05) is 18.7 Å². The summed E-state index contributed by atoms with van der Waals surface area (Å²) in [5.74, 6) is 1.47. The van der Waals surface area contributed by atoms with Crippen LogP contribution in [-0.4, -0.2) is 16.1 Å². The van der Waals surface area contributed by atoms with Crippen LogP contribution < -0.4 is 15.8 Å². The van der Waals surface area contributed by atoms with E-state index in [0.29, 0.717) is 28.8 Å². The molecule has 0 aliphatic rings. The molecule has 0 aliphatic heterocycles. The molecule has 0 aliphatic carbocycles. The number of carbonyl (C=O) groups excluding carboxylic acids is 1. The minimum atomic E-state index is -0.537. The first-order chi connectivity index (χ1) is 12.0. The molecule has 0 fully saturated rings. The lowest BCUT2D eigenvalue weighted by Gasteiger charge is -2.13. The van der Waals surface area contributed by atoms with Crippen molar-refractivity contribution in [1.82, 2.24) is 10.2 Å². The quantitative estimate of drug-likeness (QED) is 0.713. The Morgan fingerprint density at radius 3 is 2.72 bits per heavy atom. The summed E-state index contributed by atoms with van der Waals surface area (Å²) in [6.45, 7) is 3.66. The number of aromatic nitrogens is 2. The molecule has 25 heavy (non-hydrogen) atoms. The monoisotopic (exact) mass is 338 g/mol. The molecule has 128 valence electrons. The Morgan fingerprint density at radius 2 is 2.00 bits per heavy atom. The Bertz CT molecular complexity index is 891. The largest absolute Gasteiger partial charge is 0.456 e. The van der Waals surface area contributed by atoms with E-state index in [1.165, 1.54) is 0 Å². The van der Waals surface area contributed by atoms with Crippen molar-refractivity contribution in [2.45, 2.75) is 19.9 Å². The molecule has 1 amide bonds. The second kappa shape index (κ2) is 7.04. The number of hydrogen-bond donors (Lipinski definition) is 2. The second-order valence-electron chi connectivity index (χ2n) is 5.52.